The Hall–Kier alpha value is -2.02. The van der Waals surface area contributed by atoms with E-state index in [1.54, 1.807) is 0 Å². The molecule has 6 nitrogen and oxygen atoms in total. The average molecular weight is 297 g/mol. The number of carbonyl (C=O) groups excluding carboxylic acids is 1. The molecule has 20 heavy (non-hydrogen) atoms. The summed E-state index contributed by atoms with van der Waals surface area (Å²) in [5.41, 5.74) is -0.151. The molecule has 0 aliphatic carbocycles. The van der Waals surface area contributed by atoms with Crippen LogP contribution in [-0.2, 0) is 14.6 Å². The Morgan fingerprint density at radius 3 is 2.25 bits per heavy atom. The number of carbonyl (C=O) groups is 1. The molecule has 0 aliphatic heterocycles. The molecule has 1 aromatic carbocycles. The first-order chi connectivity index (χ1) is 9.47. The lowest BCUT2D eigenvalue weighted by molar-refractivity contribution is -0.384. The smallest absolute Gasteiger partial charge is 0.269 e. The van der Waals surface area contributed by atoms with Gasteiger partial charge in [0.2, 0.25) is 0 Å². The lowest BCUT2D eigenvalue weighted by Crippen LogP contribution is -1.96. The second kappa shape index (κ2) is 7.54. The summed E-state index contributed by atoms with van der Waals surface area (Å²) in [7, 11) is -3.57. The van der Waals surface area contributed by atoms with Gasteiger partial charge in [-0.2, -0.15) is 0 Å². The fourth-order valence-electron chi connectivity index (χ4n) is 1.52. The predicted octanol–water partition coefficient (Wildman–Crippen LogP) is 2.64. The van der Waals surface area contributed by atoms with Crippen molar-refractivity contribution in [1.29, 1.82) is 0 Å². The first kappa shape index (κ1) is 16.0. The van der Waals surface area contributed by atoms with Crippen molar-refractivity contribution >= 4 is 21.8 Å². The number of aldehydes is 1. The highest BCUT2D eigenvalue weighted by molar-refractivity contribution is 7.94. The first-order valence-electron chi connectivity index (χ1n) is 6.07. The standard InChI is InChI=1S/C13H15NO5S/c15-10-4-2-1-3-5-11-20(18,19)13-8-6-12(7-9-13)14(16)17/h5-11H,1-4H2/b11-5+. The number of nitro benzene ring substituents is 1. The van der Waals surface area contributed by atoms with E-state index < -0.39 is 14.8 Å². The highest BCUT2D eigenvalue weighted by Crippen LogP contribution is 2.17. The van der Waals surface area contributed by atoms with E-state index in [2.05, 4.69) is 0 Å². The number of nitrogens with zero attached hydrogens (tertiary/aromatic N) is 1. The van der Waals surface area contributed by atoms with E-state index >= 15 is 0 Å². The van der Waals surface area contributed by atoms with Crippen molar-refractivity contribution in [1.82, 2.24) is 0 Å². The van der Waals surface area contributed by atoms with Crippen molar-refractivity contribution in [3.05, 3.63) is 45.9 Å². The Kier molecular flexibility index (Phi) is 6.05. The molecule has 0 heterocycles. The van der Waals surface area contributed by atoms with E-state index in [1.807, 2.05) is 0 Å². The van der Waals surface area contributed by atoms with Gasteiger partial charge in [0.15, 0.2) is 9.84 Å². The molecule has 0 bridgehead atoms. The van der Waals surface area contributed by atoms with Crippen LogP contribution in [0.5, 0.6) is 0 Å². The van der Waals surface area contributed by atoms with Gasteiger partial charge in [-0.1, -0.05) is 6.08 Å². The summed E-state index contributed by atoms with van der Waals surface area (Å²) < 4.78 is 23.8. The highest BCUT2D eigenvalue weighted by atomic mass is 32.2. The number of hydrogen-bond donors (Lipinski definition) is 0. The van der Waals surface area contributed by atoms with Gasteiger partial charge in [-0.05, 0) is 31.4 Å². The van der Waals surface area contributed by atoms with Crippen LogP contribution in [0, 0.1) is 10.1 Å². The van der Waals surface area contributed by atoms with E-state index in [9.17, 15) is 23.3 Å². The van der Waals surface area contributed by atoms with E-state index in [0.717, 1.165) is 36.7 Å². The summed E-state index contributed by atoms with van der Waals surface area (Å²) in [5, 5.41) is 11.6. The van der Waals surface area contributed by atoms with Crippen LogP contribution in [0.3, 0.4) is 0 Å². The van der Waals surface area contributed by atoms with Gasteiger partial charge in [0.25, 0.3) is 5.69 Å². The summed E-state index contributed by atoms with van der Waals surface area (Å²) in [6, 6.07) is 4.74. The summed E-state index contributed by atoms with van der Waals surface area (Å²) in [6.45, 7) is 0. The molecule has 1 rings (SSSR count). The fourth-order valence-corrected chi connectivity index (χ4v) is 2.58. The van der Waals surface area contributed by atoms with E-state index in [-0.39, 0.29) is 10.6 Å². The molecule has 7 heteroatoms. The zero-order valence-corrected chi connectivity index (χ0v) is 11.6. The van der Waals surface area contributed by atoms with Crippen LogP contribution in [0.1, 0.15) is 25.7 Å². The lowest BCUT2D eigenvalue weighted by Gasteiger charge is -1.98. The van der Waals surface area contributed by atoms with Crippen molar-refractivity contribution in [2.75, 3.05) is 0 Å². The molecule has 1 aromatic rings. The van der Waals surface area contributed by atoms with Gasteiger partial charge in [0.05, 0.1) is 9.82 Å². The Labute approximate surface area is 117 Å². The van der Waals surface area contributed by atoms with Gasteiger partial charge in [0, 0.05) is 24.0 Å². The monoisotopic (exact) mass is 297 g/mol. The molecule has 0 saturated heterocycles. The van der Waals surface area contributed by atoms with Gasteiger partial charge in [-0.25, -0.2) is 8.42 Å². The maximum absolute atomic E-state index is 11.9. The summed E-state index contributed by atoms with van der Waals surface area (Å²) >= 11 is 0. The topological polar surface area (TPSA) is 94.3 Å². The van der Waals surface area contributed by atoms with Crippen molar-refractivity contribution < 1.29 is 18.1 Å². The molecule has 0 saturated carbocycles. The van der Waals surface area contributed by atoms with Gasteiger partial charge in [-0.15, -0.1) is 0 Å². The van der Waals surface area contributed by atoms with Gasteiger partial charge in [-0.3, -0.25) is 10.1 Å². The Morgan fingerprint density at radius 1 is 1.10 bits per heavy atom. The van der Waals surface area contributed by atoms with Crippen LogP contribution in [0.25, 0.3) is 0 Å². The maximum Gasteiger partial charge on any atom is 0.269 e. The normalized spacial score (nSPS) is 11.6. The lowest BCUT2D eigenvalue weighted by atomic mass is 10.2. The zero-order chi connectivity index (χ0) is 15.0. The van der Waals surface area contributed by atoms with Crippen molar-refractivity contribution in [3.8, 4) is 0 Å². The Bertz CT molecular complexity index is 590. The number of nitro groups is 1. The fraction of sp³-hybridized carbons (Fsp3) is 0.308. The largest absolute Gasteiger partial charge is 0.303 e. The van der Waals surface area contributed by atoms with Crippen LogP contribution in [-0.4, -0.2) is 19.6 Å². The van der Waals surface area contributed by atoms with Crippen molar-refractivity contribution in [2.24, 2.45) is 0 Å². The summed E-state index contributed by atoms with van der Waals surface area (Å²) in [6.07, 6.45) is 4.87. The van der Waals surface area contributed by atoms with Gasteiger partial charge < -0.3 is 4.79 Å². The van der Waals surface area contributed by atoms with Crippen molar-refractivity contribution in [3.63, 3.8) is 0 Å². The Morgan fingerprint density at radius 2 is 1.70 bits per heavy atom. The van der Waals surface area contributed by atoms with E-state index in [0.29, 0.717) is 12.8 Å². The van der Waals surface area contributed by atoms with Crippen LogP contribution >= 0.6 is 0 Å². The molecule has 0 fully saturated rings. The third-order valence-corrected chi connectivity index (χ3v) is 4.07. The number of allylic oxidation sites excluding steroid dienone is 1. The molecule has 0 aliphatic rings. The number of rotatable bonds is 8. The van der Waals surface area contributed by atoms with Crippen LogP contribution in [0.4, 0.5) is 5.69 Å². The summed E-state index contributed by atoms with van der Waals surface area (Å²) in [4.78, 5) is 20.0. The van der Waals surface area contributed by atoms with Crippen molar-refractivity contribution in [2.45, 2.75) is 30.6 Å². The third kappa shape index (κ3) is 4.93. The minimum Gasteiger partial charge on any atom is -0.303 e. The average Bonchev–Trinajstić information content (AvgIpc) is 2.43. The highest BCUT2D eigenvalue weighted by Gasteiger charge is 2.12. The number of unbranched alkanes of at least 4 members (excludes halogenated alkanes) is 3. The molecular weight excluding hydrogens is 282 g/mol. The zero-order valence-electron chi connectivity index (χ0n) is 10.8. The quantitative estimate of drug-likeness (QED) is 0.318. The van der Waals surface area contributed by atoms with E-state index in [4.69, 9.17) is 0 Å². The molecule has 0 amide bonds. The maximum atomic E-state index is 11.9. The van der Waals surface area contributed by atoms with Crippen LogP contribution < -0.4 is 0 Å². The molecular formula is C13H15NO5S. The van der Waals surface area contributed by atoms with Gasteiger partial charge in [0.1, 0.15) is 6.29 Å². The van der Waals surface area contributed by atoms with E-state index in [1.165, 1.54) is 18.2 Å². The number of non-ortho nitro benzene ring substituents is 1. The molecule has 0 aromatic heterocycles. The molecule has 108 valence electrons. The SMILES string of the molecule is O=CCCCC/C=C/S(=O)(=O)c1ccc([N+](=O)[O-])cc1. The Balaban J connectivity index is 2.66. The molecule has 0 unspecified atom stereocenters. The molecule has 0 radical (unpaired) electrons. The third-order valence-electron chi connectivity index (χ3n) is 2.59. The molecule has 0 atom stereocenters. The summed E-state index contributed by atoms with van der Waals surface area (Å²) in [5.74, 6) is 0. The number of hydrogen-bond acceptors (Lipinski definition) is 5. The molecule has 0 spiro atoms. The second-order valence-corrected chi connectivity index (χ2v) is 5.95. The van der Waals surface area contributed by atoms with Crippen LogP contribution in [0.2, 0.25) is 0 Å². The van der Waals surface area contributed by atoms with Gasteiger partial charge >= 0.3 is 0 Å². The first-order valence-corrected chi connectivity index (χ1v) is 7.62. The van der Waals surface area contributed by atoms with Crippen LogP contribution in [0.15, 0.2) is 40.6 Å². The second-order valence-electron chi connectivity index (χ2n) is 4.12. The number of benzene rings is 1. The predicted molar refractivity (Wildman–Crippen MR) is 74.0 cm³/mol. The minimum atomic E-state index is -3.57. The number of sulfone groups is 1. The minimum absolute atomic E-state index is 0.0206. The molecule has 0 N–H and O–H groups in total.